The molecule has 2 aromatic rings. The van der Waals surface area contributed by atoms with Gasteiger partial charge in [0.1, 0.15) is 23.0 Å². The molecule has 0 spiro atoms. The zero-order valence-corrected chi connectivity index (χ0v) is 32.3. The van der Waals surface area contributed by atoms with Crippen molar-refractivity contribution in [1.82, 2.24) is 0 Å². The van der Waals surface area contributed by atoms with Crippen LogP contribution in [0.2, 0.25) is 0 Å². The first-order valence-corrected chi connectivity index (χ1v) is 19.8. The average Bonchev–Trinajstić information content (AvgIpc) is 3.12. The fourth-order valence-electron chi connectivity index (χ4n) is 5.92. The summed E-state index contributed by atoms with van der Waals surface area (Å²) in [6, 6.07) is 12.9. The van der Waals surface area contributed by atoms with Crippen molar-refractivity contribution in [3.8, 4) is 35.1 Å². The molecule has 0 heterocycles. The van der Waals surface area contributed by atoms with E-state index < -0.39 is 0 Å². The molecule has 0 N–H and O–H groups in total. The first-order chi connectivity index (χ1) is 24.5. The number of nitrogens with zero attached hydrogens (tertiary/aromatic N) is 2. The van der Waals surface area contributed by atoms with Crippen molar-refractivity contribution in [2.75, 3.05) is 26.4 Å². The Morgan fingerprint density at radius 3 is 1.52 bits per heavy atom. The fraction of sp³-hybridized carbons (Fsp3) is 0.636. The second kappa shape index (κ2) is 26.2. The largest absolute Gasteiger partial charge is 0.493 e. The molecular formula is C44H66N2O4. The molecule has 2 rings (SSSR count). The molecule has 0 fully saturated rings. The van der Waals surface area contributed by atoms with Crippen molar-refractivity contribution in [3.05, 3.63) is 46.5 Å². The second-order valence-corrected chi connectivity index (χ2v) is 13.4. The average molecular weight is 687 g/mol. The van der Waals surface area contributed by atoms with Crippen LogP contribution in [-0.4, -0.2) is 26.4 Å². The van der Waals surface area contributed by atoms with Crippen LogP contribution in [0, 0.1) is 29.6 Å². The van der Waals surface area contributed by atoms with Crippen LogP contribution < -0.4 is 18.9 Å². The number of ether oxygens (including phenoxy) is 4. The predicted octanol–water partition coefficient (Wildman–Crippen LogP) is 12.9. The molecule has 0 bridgehead atoms. The van der Waals surface area contributed by atoms with E-state index >= 15 is 0 Å². The van der Waals surface area contributed by atoms with Crippen molar-refractivity contribution >= 4 is 11.6 Å². The van der Waals surface area contributed by atoms with Gasteiger partial charge in [0.2, 0.25) is 0 Å². The van der Waals surface area contributed by atoms with Gasteiger partial charge in [0, 0.05) is 16.7 Å². The molecule has 0 aliphatic heterocycles. The lowest BCUT2D eigenvalue weighted by Gasteiger charge is -2.20. The Morgan fingerprint density at radius 2 is 1.06 bits per heavy atom. The molecule has 276 valence electrons. The summed E-state index contributed by atoms with van der Waals surface area (Å²) in [5, 5.41) is 20.8. The van der Waals surface area contributed by atoms with Gasteiger partial charge in [-0.2, -0.15) is 10.5 Å². The van der Waals surface area contributed by atoms with Crippen molar-refractivity contribution in [1.29, 1.82) is 10.5 Å². The van der Waals surface area contributed by atoms with Crippen molar-refractivity contribution < 1.29 is 18.9 Å². The smallest absolute Gasteiger partial charge is 0.128 e. The molecule has 0 aromatic heterocycles. The molecule has 0 aliphatic rings. The number of rotatable bonds is 28. The lowest BCUT2D eigenvalue weighted by atomic mass is 9.92. The summed E-state index contributed by atoms with van der Waals surface area (Å²) in [7, 11) is 0. The number of benzene rings is 2. The van der Waals surface area contributed by atoms with Crippen LogP contribution >= 0.6 is 0 Å². The number of unbranched alkanes of at least 4 members (excludes halogenated alkanes) is 12. The topological polar surface area (TPSA) is 84.5 Å². The van der Waals surface area contributed by atoms with Gasteiger partial charge in [-0.3, -0.25) is 0 Å². The lowest BCUT2D eigenvalue weighted by molar-refractivity contribution is 0.293. The van der Waals surface area contributed by atoms with Gasteiger partial charge in [0.25, 0.3) is 0 Å². The predicted molar refractivity (Wildman–Crippen MR) is 208 cm³/mol. The number of hydrogen-bond donors (Lipinski definition) is 0. The second-order valence-electron chi connectivity index (χ2n) is 13.4. The fourth-order valence-corrected chi connectivity index (χ4v) is 5.92. The van der Waals surface area contributed by atoms with Crippen LogP contribution in [0.15, 0.2) is 24.3 Å². The summed E-state index contributed by atoms with van der Waals surface area (Å²) in [6.45, 7) is 15.2. The monoisotopic (exact) mass is 687 g/mol. The first kappa shape index (κ1) is 42.5. The van der Waals surface area contributed by atoms with Gasteiger partial charge in [-0.05, 0) is 74.9 Å². The summed E-state index contributed by atoms with van der Waals surface area (Å²) >= 11 is 0. The van der Waals surface area contributed by atoms with E-state index in [4.69, 9.17) is 18.9 Å². The highest BCUT2D eigenvalue weighted by molar-refractivity contribution is 5.93. The summed E-state index contributed by atoms with van der Waals surface area (Å²) in [6.07, 6.45) is 20.2. The molecule has 2 aromatic carbocycles. The zero-order valence-electron chi connectivity index (χ0n) is 32.3. The molecule has 0 radical (unpaired) electrons. The van der Waals surface area contributed by atoms with E-state index in [0.29, 0.717) is 55.5 Å². The SMILES string of the molecule is CCCCCCOc1cc(C=C(C#N)c2cc(OCCCCCC)c(C(C#N)CC)cc2OCCCCCC)c(OCCCCCC)cc1C. The third-order valence-corrected chi connectivity index (χ3v) is 9.09. The van der Waals surface area contributed by atoms with Gasteiger partial charge in [-0.15, -0.1) is 0 Å². The molecule has 50 heavy (non-hydrogen) atoms. The van der Waals surface area contributed by atoms with Gasteiger partial charge in [-0.25, -0.2) is 0 Å². The van der Waals surface area contributed by atoms with Crippen LogP contribution in [-0.2, 0) is 0 Å². The van der Waals surface area contributed by atoms with Gasteiger partial charge in [0.15, 0.2) is 0 Å². The number of nitriles is 2. The molecule has 1 unspecified atom stereocenters. The van der Waals surface area contributed by atoms with Crippen LogP contribution in [0.3, 0.4) is 0 Å². The summed E-state index contributed by atoms with van der Waals surface area (Å²) in [4.78, 5) is 0. The Labute approximate surface area is 305 Å². The molecule has 6 nitrogen and oxygen atoms in total. The highest BCUT2D eigenvalue weighted by atomic mass is 16.5. The Bertz CT molecular complexity index is 1350. The van der Waals surface area contributed by atoms with Gasteiger partial charge in [-0.1, -0.05) is 112 Å². The maximum Gasteiger partial charge on any atom is 0.128 e. The minimum atomic E-state index is -0.339. The Balaban J connectivity index is 2.66. The van der Waals surface area contributed by atoms with E-state index in [2.05, 4.69) is 46.8 Å². The molecule has 6 heteroatoms. The molecular weight excluding hydrogens is 620 g/mol. The van der Waals surface area contributed by atoms with E-state index in [1.165, 1.54) is 25.7 Å². The van der Waals surface area contributed by atoms with Gasteiger partial charge in [0.05, 0.1) is 50.1 Å². The Hall–Kier alpha value is -3.64. The van der Waals surface area contributed by atoms with Crippen molar-refractivity contribution in [3.63, 3.8) is 0 Å². The summed E-state index contributed by atoms with van der Waals surface area (Å²) in [5.74, 6) is 2.47. The summed E-state index contributed by atoms with van der Waals surface area (Å²) < 4.78 is 25.5. The minimum absolute atomic E-state index is 0.339. The zero-order chi connectivity index (χ0) is 36.4. The van der Waals surface area contributed by atoms with E-state index in [0.717, 1.165) is 105 Å². The lowest BCUT2D eigenvalue weighted by Crippen LogP contribution is -2.07. The van der Waals surface area contributed by atoms with Gasteiger partial charge < -0.3 is 18.9 Å². The first-order valence-electron chi connectivity index (χ1n) is 19.8. The van der Waals surface area contributed by atoms with Gasteiger partial charge >= 0.3 is 0 Å². The van der Waals surface area contributed by atoms with Crippen LogP contribution in [0.5, 0.6) is 23.0 Å². The van der Waals surface area contributed by atoms with Crippen LogP contribution in [0.4, 0.5) is 0 Å². The van der Waals surface area contributed by atoms with Crippen molar-refractivity contribution in [2.24, 2.45) is 0 Å². The molecule has 0 aliphatic carbocycles. The minimum Gasteiger partial charge on any atom is -0.493 e. The number of hydrogen-bond acceptors (Lipinski definition) is 6. The number of allylic oxidation sites excluding steroid dienone is 1. The Morgan fingerprint density at radius 1 is 0.580 bits per heavy atom. The molecule has 0 saturated carbocycles. The molecule has 1 atom stereocenters. The normalized spacial score (nSPS) is 11.9. The maximum atomic E-state index is 10.7. The quantitative estimate of drug-likeness (QED) is 0.0503. The van der Waals surface area contributed by atoms with Crippen molar-refractivity contribution in [2.45, 2.75) is 157 Å². The van der Waals surface area contributed by atoms with E-state index in [9.17, 15) is 10.5 Å². The Kier molecular flexibility index (Phi) is 22.3. The maximum absolute atomic E-state index is 10.7. The summed E-state index contributed by atoms with van der Waals surface area (Å²) in [5.41, 5.74) is 3.75. The van der Waals surface area contributed by atoms with E-state index in [1.54, 1.807) is 0 Å². The molecule has 0 amide bonds. The number of aryl methyl sites for hydroxylation is 1. The molecule has 0 saturated heterocycles. The van der Waals surface area contributed by atoms with E-state index in [1.807, 2.05) is 37.3 Å². The van der Waals surface area contributed by atoms with Crippen LogP contribution in [0.25, 0.3) is 11.6 Å². The van der Waals surface area contributed by atoms with E-state index in [-0.39, 0.29) is 5.92 Å². The highest BCUT2D eigenvalue weighted by Crippen LogP contribution is 2.40. The van der Waals surface area contributed by atoms with Crippen LogP contribution in [0.1, 0.15) is 172 Å². The highest BCUT2D eigenvalue weighted by Gasteiger charge is 2.22. The standard InChI is InChI=1S/C44H66N2O4/c1-7-12-16-20-24-47-41-30-37(42(28-35(41)6)48-25-21-17-13-8-2)29-38(34-46)40-32-43(49-26-22-18-14-9-3)39(36(11-5)33-45)31-44(40)50-27-23-19-15-10-4/h28-32,36H,7-27H2,1-6H3. The third kappa shape index (κ3) is 15.1. The third-order valence-electron chi connectivity index (χ3n) is 9.09.